The van der Waals surface area contributed by atoms with Crippen molar-refractivity contribution in [2.24, 2.45) is 0 Å². The number of hydrogen-bond donors (Lipinski definition) is 1. The van der Waals surface area contributed by atoms with Crippen molar-refractivity contribution < 1.29 is 4.73 Å². The van der Waals surface area contributed by atoms with Crippen LogP contribution in [0.4, 0.5) is 0 Å². The van der Waals surface area contributed by atoms with Crippen molar-refractivity contribution in [3.05, 3.63) is 62.7 Å². The Morgan fingerprint density at radius 3 is 2.91 bits per heavy atom. The minimum atomic E-state index is -0.0105. The van der Waals surface area contributed by atoms with Crippen LogP contribution in [0.15, 0.2) is 29.3 Å². The zero-order chi connectivity index (χ0) is 15.5. The number of aromatic nitrogens is 3. The second kappa shape index (κ2) is 6.27. The molecule has 0 saturated heterocycles. The van der Waals surface area contributed by atoms with Crippen LogP contribution >= 0.6 is 0 Å². The van der Waals surface area contributed by atoms with E-state index in [-0.39, 0.29) is 5.56 Å². The Kier molecular flexibility index (Phi) is 4.20. The van der Waals surface area contributed by atoms with E-state index in [9.17, 15) is 10.0 Å². The summed E-state index contributed by atoms with van der Waals surface area (Å²) in [6.07, 6.45) is 5.58. The van der Waals surface area contributed by atoms with E-state index in [1.165, 1.54) is 12.4 Å². The first-order valence-electron chi connectivity index (χ1n) is 7.66. The average molecular weight is 300 g/mol. The van der Waals surface area contributed by atoms with Gasteiger partial charge in [-0.25, -0.2) is 4.98 Å². The minimum absolute atomic E-state index is 0.0105. The molecule has 1 N–H and O–H groups in total. The summed E-state index contributed by atoms with van der Waals surface area (Å²) in [5.74, 6) is 0.794. The molecule has 0 saturated carbocycles. The molecular formula is C16H20N4O2. The molecule has 6 nitrogen and oxygen atoms in total. The zero-order valence-corrected chi connectivity index (χ0v) is 12.7. The zero-order valence-electron chi connectivity index (χ0n) is 12.7. The van der Waals surface area contributed by atoms with E-state index in [1.807, 2.05) is 12.1 Å². The van der Waals surface area contributed by atoms with Crippen LogP contribution in [0, 0.1) is 5.21 Å². The van der Waals surface area contributed by atoms with Crippen LogP contribution in [-0.2, 0) is 25.9 Å². The van der Waals surface area contributed by atoms with Gasteiger partial charge in [0.1, 0.15) is 5.82 Å². The predicted octanol–water partition coefficient (Wildman–Crippen LogP) is 0.914. The third-order valence-corrected chi connectivity index (χ3v) is 3.96. The van der Waals surface area contributed by atoms with Crippen LogP contribution in [0.25, 0.3) is 0 Å². The summed E-state index contributed by atoms with van der Waals surface area (Å²) in [5, 5.41) is 11.1. The van der Waals surface area contributed by atoms with Crippen LogP contribution in [-0.4, -0.2) is 21.4 Å². The summed E-state index contributed by atoms with van der Waals surface area (Å²) in [6.45, 7) is 4.29. The first kappa shape index (κ1) is 14.7. The van der Waals surface area contributed by atoms with Crippen molar-refractivity contribution in [3.63, 3.8) is 0 Å². The summed E-state index contributed by atoms with van der Waals surface area (Å²) in [7, 11) is 0. The largest absolute Gasteiger partial charge is 0.619 e. The van der Waals surface area contributed by atoms with Gasteiger partial charge in [0.25, 0.3) is 5.56 Å². The lowest BCUT2D eigenvalue weighted by atomic mass is 10.1. The van der Waals surface area contributed by atoms with Gasteiger partial charge >= 0.3 is 0 Å². The molecule has 0 fully saturated rings. The molecule has 3 heterocycles. The second-order valence-electron chi connectivity index (χ2n) is 5.71. The molecule has 3 rings (SSSR count). The average Bonchev–Trinajstić information content (AvgIpc) is 2.51. The van der Waals surface area contributed by atoms with Crippen molar-refractivity contribution in [2.75, 3.05) is 6.54 Å². The normalized spacial score (nSPS) is 14.8. The fourth-order valence-corrected chi connectivity index (χ4v) is 2.83. The predicted molar refractivity (Wildman–Crippen MR) is 82.1 cm³/mol. The van der Waals surface area contributed by atoms with E-state index in [0.717, 1.165) is 59.7 Å². The minimum Gasteiger partial charge on any atom is -0.619 e. The molecule has 0 atom stereocenters. The van der Waals surface area contributed by atoms with Crippen molar-refractivity contribution in [1.82, 2.24) is 14.9 Å². The number of pyridine rings is 1. The van der Waals surface area contributed by atoms with Crippen molar-refractivity contribution >= 4 is 0 Å². The highest BCUT2D eigenvalue weighted by atomic mass is 16.5. The lowest BCUT2D eigenvalue weighted by molar-refractivity contribution is -0.605. The number of aryl methyl sites for hydroxylation is 1. The van der Waals surface area contributed by atoms with E-state index in [0.29, 0.717) is 6.54 Å². The number of nitrogens with zero attached hydrogens (tertiary/aromatic N) is 3. The first-order chi connectivity index (χ1) is 10.7. The number of rotatable bonds is 4. The van der Waals surface area contributed by atoms with Gasteiger partial charge in [-0.1, -0.05) is 6.92 Å². The maximum absolute atomic E-state index is 12.2. The lowest BCUT2D eigenvalue weighted by Gasteiger charge is -2.27. The standard InChI is InChI=1S/C16H20N4O2/c1-2-3-15-17-14-6-7-19(11-13(14)16(21)18-15)10-12-4-8-20(22)9-5-12/h4-5,8-9H,2-3,6-7,10-11H2,1H3,(H,17,18,21). The molecule has 6 heteroatoms. The van der Waals surface area contributed by atoms with Gasteiger partial charge < -0.3 is 10.2 Å². The Hall–Kier alpha value is -2.21. The summed E-state index contributed by atoms with van der Waals surface area (Å²) in [4.78, 5) is 21.9. The molecule has 1 aliphatic heterocycles. The smallest absolute Gasteiger partial charge is 0.255 e. The van der Waals surface area contributed by atoms with Crippen LogP contribution < -0.4 is 10.3 Å². The van der Waals surface area contributed by atoms with Crippen LogP contribution in [0.2, 0.25) is 0 Å². The van der Waals surface area contributed by atoms with Gasteiger partial charge in [-0.05, 0) is 12.0 Å². The Bertz CT molecular complexity index is 709. The molecule has 0 aliphatic carbocycles. The molecule has 2 aromatic rings. The van der Waals surface area contributed by atoms with Gasteiger partial charge in [-0.3, -0.25) is 9.69 Å². The quantitative estimate of drug-likeness (QED) is 0.673. The summed E-state index contributed by atoms with van der Waals surface area (Å²) in [5.41, 5.74) is 2.78. The molecule has 0 bridgehead atoms. The molecule has 0 amide bonds. The lowest BCUT2D eigenvalue weighted by Crippen LogP contribution is -2.36. The van der Waals surface area contributed by atoms with Gasteiger partial charge in [0, 0.05) is 44.6 Å². The second-order valence-corrected chi connectivity index (χ2v) is 5.71. The number of fused-ring (bicyclic) bond motifs is 1. The monoisotopic (exact) mass is 300 g/mol. The van der Waals surface area contributed by atoms with Crippen molar-refractivity contribution in [1.29, 1.82) is 0 Å². The van der Waals surface area contributed by atoms with E-state index in [1.54, 1.807) is 0 Å². The topological polar surface area (TPSA) is 75.9 Å². The van der Waals surface area contributed by atoms with Crippen LogP contribution in [0.3, 0.4) is 0 Å². The van der Waals surface area contributed by atoms with Crippen LogP contribution in [0.5, 0.6) is 0 Å². The number of H-pyrrole nitrogens is 1. The molecular weight excluding hydrogens is 280 g/mol. The molecule has 22 heavy (non-hydrogen) atoms. The Balaban J connectivity index is 1.76. The number of aromatic amines is 1. The summed E-state index contributed by atoms with van der Waals surface area (Å²) < 4.78 is 0.777. The Labute approximate surface area is 129 Å². The molecule has 0 unspecified atom stereocenters. The first-order valence-corrected chi connectivity index (χ1v) is 7.66. The highest BCUT2D eigenvalue weighted by molar-refractivity contribution is 5.21. The van der Waals surface area contributed by atoms with Crippen molar-refractivity contribution in [3.8, 4) is 0 Å². The number of hydrogen-bond acceptors (Lipinski definition) is 4. The summed E-state index contributed by atoms with van der Waals surface area (Å²) >= 11 is 0. The SMILES string of the molecule is CCCc1nc2c(c(=O)[nH]1)CN(Cc1cc[n+]([O-])cc1)CC2. The van der Waals surface area contributed by atoms with E-state index in [4.69, 9.17) is 0 Å². The van der Waals surface area contributed by atoms with Gasteiger partial charge in [0.15, 0.2) is 12.4 Å². The van der Waals surface area contributed by atoms with Crippen LogP contribution in [0.1, 0.15) is 36.0 Å². The number of nitrogens with one attached hydrogen (secondary N) is 1. The van der Waals surface area contributed by atoms with Crippen molar-refractivity contribution in [2.45, 2.75) is 39.3 Å². The highest BCUT2D eigenvalue weighted by Crippen LogP contribution is 2.16. The van der Waals surface area contributed by atoms with E-state index < -0.39 is 0 Å². The molecule has 1 aliphatic rings. The van der Waals surface area contributed by atoms with Gasteiger partial charge in [0.05, 0.1) is 11.3 Å². The molecule has 0 aromatic carbocycles. The molecule has 2 aromatic heterocycles. The third kappa shape index (κ3) is 3.17. The maximum Gasteiger partial charge on any atom is 0.255 e. The summed E-state index contributed by atoms with van der Waals surface area (Å²) in [6, 6.07) is 3.63. The molecule has 0 spiro atoms. The molecule has 116 valence electrons. The Morgan fingerprint density at radius 2 is 2.18 bits per heavy atom. The fraction of sp³-hybridized carbons (Fsp3) is 0.438. The third-order valence-electron chi connectivity index (χ3n) is 3.96. The Morgan fingerprint density at radius 1 is 1.41 bits per heavy atom. The van der Waals surface area contributed by atoms with Gasteiger partial charge in [-0.2, -0.15) is 4.73 Å². The van der Waals surface area contributed by atoms with E-state index >= 15 is 0 Å². The molecule has 0 radical (unpaired) electrons. The maximum atomic E-state index is 12.2. The van der Waals surface area contributed by atoms with Gasteiger partial charge in [0.2, 0.25) is 0 Å². The van der Waals surface area contributed by atoms with Gasteiger partial charge in [-0.15, -0.1) is 0 Å². The highest BCUT2D eigenvalue weighted by Gasteiger charge is 2.21. The fourth-order valence-electron chi connectivity index (χ4n) is 2.83. The van der Waals surface area contributed by atoms with E-state index in [2.05, 4.69) is 21.8 Å².